The molecule has 21 heavy (non-hydrogen) atoms. The summed E-state index contributed by atoms with van der Waals surface area (Å²) in [7, 11) is 0. The number of hydrogen-bond acceptors (Lipinski definition) is 2. The van der Waals surface area contributed by atoms with Gasteiger partial charge in [-0.1, -0.05) is 38.8 Å². The van der Waals surface area contributed by atoms with E-state index in [2.05, 4.69) is 19.2 Å². The molecule has 3 nitrogen and oxygen atoms in total. The molecule has 1 saturated heterocycles. The Bertz CT molecular complexity index is 520. The van der Waals surface area contributed by atoms with Gasteiger partial charge in [0, 0.05) is 6.54 Å². The van der Waals surface area contributed by atoms with E-state index in [4.69, 9.17) is 0 Å². The summed E-state index contributed by atoms with van der Waals surface area (Å²) in [5.41, 5.74) is 0.643. The average molecular weight is 290 g/mol. The highest BCUT2D eigenvalue weighted by Crippen LogP contribution is 2.46. The van der Waals surface area contributed by atoms with Gasteiger partial charge in [-0.25, -0.2) is 4.39 Å². The van der Waals surface area contributed by atoms with E-state index >= 15 is 0 Å². The molecule has 1 N–H and O–H groups in total. The highest BCUT2D eigenvalue weighted by molar-refractivity contribution is 5.92. The molecular formula is C17H23FN2O. The summed E-state index contributed by atoms with van der Waals surface area (Å²) < 4.78 is 13.1. The van der Waals surface area contributed by atoms with Gasteiger partial charge in [0.1, 0.15) is 17.5 Å². The van der Waals surface area contributed by atoms with Gasteiger partial charge in [-0.05, 0) is 36.5 Å². The first-order valence-corrected chi connectivity index (χ1v) is 7.94. The van der Waals surface area contributed by atoms with Crippen LogP contribution in [0.1, 0.15) is 51.3 Å². The lowest BCUT2D eigenvalue weighted by Crippen LogP contribution is -2.35. The zero-order valence-electron chi connectivity index (χ0n) is 12.7. The van der Waals surface area contributed by atoms with Crippen molar-refractivity contribution in [1.29, 1.82) is 0 Å². The second-order valence-corrected chi connectivity index (χ2v) is 6.32. The third kappa shape index (κ3) is 2.57. The second-order valence-electron chi connectivity index (χ2n) is 6.32. The van der Waals surface area contributed by atoms with E-state index in [0.717, 1.165) is 37.8 Å². The molecule has 1 aliphatic carbocycles. The molecule has 3 rings (SSSR count). The van der Waals surface area contributed by atoms with Crippen LogP contribution in [-0.4, -0.2) is 22.9 Å². The van der Waals surface area contributed by atoms with Gasteiger partial charge in [-0.3, -0.25) is 10.1 Å². The Morgan fingerprint density at radius 1 is 1.29 bits per heavy atom. The van der Waals surface area contributed by atoms with E-state index in [1.165, 1.54) is 12.1 Å². The number of halogens is 1. The maximum absolute atomic E-state index is 13.1. The molecule has 1 spiro atoms. The number of carbonyl (C=O) groups excluding carboxylic acids is 1. The first-order valence-electron chi connectivity index (χ1n) is 7.94. The van der Waals surface area contributed by atoms with E-state index in [9.17, 15) is 9.18 Å². The number of amides is 1. The topological polar surface area (TPSA) is 32.3 Å². The van der Waals surface area contributed by atoms with Crippen molar-refractivity contribution in [2.75, 3.05) is 6.54 Å². The molecule has 1 atom stereocenters. The first-order chi connectivity index (χ1) is 10.1. The largest absolute Gasteiger partial charge is 0.321 e. The molecule has 1 unspecified atom stereocenters. The van der Waals surface area contributed by atoms with Crippen LogP contribution in [0.2, 0.25) is 0 Å². The van der Waals surface area contributed by atoms with Gasteiger partial charge in [0.15, 0.2) is 0 Å². The van der Waals surface area contributed by atoms with Gasteiger partial charge in [0.25, 0.3) is 0 Å². The zero-order chi connectivity index (χ0) is 15.0. The fourth-order valence-electron chi connectivity index (χ4n) is 3.20. The first kappa shape index (κ1) is 14.5. The van der Waals surface area contributed by atoms with E-state index in [1.807, 2.05) is 4.90 Å². The molecule has 0 radical (unpaired) electrons. The number of benzene rings is 1. The molecular weight excluding hydrogens is 267 g/mol. The number of rotatable bonds is 5. The summed E-state index contributed by atoms with van der Waals surface area (Å²) in [4.78, 5) is 14.7. The SMILES string of the molecule is CCC(CC)CN1C(=O)C2(CC2)NC1c1ccc(F)cc1. The maximum atomic E-state index is 13.1. The Hall–Kier alpha value is -1.42. The predicted molar refractivity (Wildman–Crippen MR) is 80.0 cm³/mol. The Balaban J connectivity index is 1.85. The summed E-state index contributed by atoms with van der Waals surface area (Å²) in [6.07, 6.45) is 3.87. The van der Waals surface area contributed by atoms with Gasteiger partial charge in [0.05, 0.1) is 0 Å². The van der Waals surface area contributed by atoms with Gasteiger partial charge in [0.2, 0.25) is 5.91 Å². The van der Waals surface area contributed by atoms with Crippen LogP contribution in [0, 0.1) is 11.7 Å². The van der Waals surface area contributed by atoms with Gasteiger partial charge in [-0.2, -0.15) is 0 Å². The quantitative estimate of drug-likeness (QED) is 0.903. The van der Waals surface area contributed by atoms with E-state index in [1.54, 1.807) is 12.1 Å². The van der Waals surface area contributed by atoms with Crippen molar-refractivity contribution in [3.05, 3.63) is 35.6 Å². The maximum Gasteiger partial charge on any atom is 0.244 e. The van der Waals surface area contributed by atoms with Crippen molar-refractivity contribution in [2.45, 2.75) is 51.2 Å². The van der Waals surface area contributed by atoms with Gasteiger partial charge < -0.3 is 4.90 Å². The van der Waals surface area contributed by atoms with Crippen molar-refractivity contribution in [3.63, 3.8) is 0 Å². The van der Waals surface area contributed by atoms with Crippen LogP contribution < -0.4 is 5.32 Å². The summed E-state index contributed by atoms with van der Waals surface area (Å²) in [6.45, 7) is 5.12. The van der Waals surface area contributed by atoms with Gasteiger partial charge >= 0.3 is 0 Å². The molecule has 1 amide bonds. The lowest BCUT2D eigenvalue weighted by molar-refractivity contribution is -0.131. The molecule has 1 aromatic carbocycles. The number of hydrogen-bond donors (Lipinski definition) is 1. The summed E-state index contributed by atoms with van der Waals surface area (Å²) in [5, 5.41) is 3.48. The Kier molecular flexibility index (Phi) is 3.74. The third-order valence-electron chi connectivity index (χ3n) is 4.94. The minimum atomic E-state index is -0.328. The minimum Gasteiger partial charge on any atom is -0.321 e. The molecule has 0 aromatic heterocycles. The summed E-state index contributed by atoms with van der Waals surface area (Å²) in [5.74, 6) is 0.507. The van der Waals surface area contributed by atoms with E-state index in [0.29, 0.717) is 5.92 Å². The van der Waals surface area contributed by atoms with Crippen LogP contribution in [0.5, 0.6) is 0 Å². The van der Waals surface area contributed by atoms with Crippen LogP contribution >= 0.6 is 0 Å². The van der Waals surface area contributed by atoms with Crippen molar-refractivity contribution in [3.8, 4) is 0 Å². The highest BCUT2D eigenvalue weighted by atomic mass is 19.1. The summed E-state index contributed by atoms with van der Waals surface area (Å²) in [6, 6.07) is 6.49. The van der Waals surface area contributed by atoms with Crippen molar-refractivity contribution < 1.29 is 9.18 Å². The van der Waals surface area contributed by atoms with Crippen LogP contribution in [0.25, 0.3) is 0 Å². The van der Waals surface area contributed by atoms with Crippen LogP contribution in [0.4, 0.5) is 4.39 Å². The normalized spacial score (nSPS) is 23.3. The molecule has 4 heteroatoms. The molecule has 1 saturated carbocycles. The second kappa shape index (κ2) is 5.41. The Labute approximate surface area is 125 Å². The lowest BCUT2D eigenvalue weighted by atomic mass is 10.0. The zero-order valence-corrected chi connectivity index (χ0v) is 12.7. The third-order valence-corrected chi connectivity index (χ3v) is 4.94. The van der Waals surface area contributed by atoms with Crippen LogP contribution in [0.3, 0.4) is 0 Å². The molecule has 2 aliphatic rings. The molecule has 2 fully saturated rings. The fraction of sp³-hybridized carbons (Fsp3) is 0.588. The smallest absolute Gasteiger partial charge is 0.244 e. The Morgan fingerprint density at radius 2 is 1.90 bits per heavy atom. The van der Waals surface area contributed by atoms with Gasteiger partial charge in [-0.15, -0.1) is 0 Å². The van der Waals surface area contributed by atoms with Crippen molar-refractivity contribution >= 4 is 5.91 Å². The summed E-state index contributed by atoms with van der Waals surface area (Å²) >= 11 is 0. The monoisotopic (exact) mass is 290 g/mol. The fourth-order valence-corrected chi connectivity index (χ4v) is 3.20. The van der Waals surface area contributed by atoms with E-state index in [-0.39, 0.29) is 23.4 Å². The average Bonchev–Trinajstić information content (AvgIpc) is 3.23. The molecule has 0 bridgehead atoms. The molecule has 1 aliphatic heterocycles. The van der Waals surface area contributed by atoms with Crippen molar-refractivity contribution in [1.82, 2.24) is 10.2 Å². The minimum absolute atomic E-state index is 0.110. The number of carbonyl (C=O) groups is 1. The van der Waals surface area contributed by atoms with E-state index < -0.39 is 0 Å². The van der Waals surface area contributed by atoms with Crippen LogP contribution in [0.15, 0.2) is 24.3 Å². The molecule has 1 aromatic rings. The van der Waals surface area contributed by atoms with Crippen molar-refractivity contribution in [2.24, 2.45) is 5.92 Å². The number of nitrogens with zero attached hydrogens (tertiary/aromatic N) is 1. The Morgan fingerprint density at radius 3 is 2.43 bits per heavy atom. The molecule has 114 valence electrons. The lowest BCUT2D eigenvalue weighted by Gasteiger charge is -2.28. The molecule has 1 heterocycles. The predicted octanol–water partition coefficient (Wildman–Crippen LogP) is 3.22. The standard InChI is InChI=1S/C17H23FN2O/c1-3-12(4-2)11-20-15(13-5-7-14(18)8-6-13)19-17(9-10-17)16(20)21/h5-8,12,15,19H,3-4,9-11H2,1-2H3. The van der Waals surface area contributed by atoms with Crippen LogP contribution in [-0.2, 0) is 4.79 Å². The highest BCUT2D eigenvalue weighted by Gasteiger charge is 2.59. The number of nitrogens with one attached hydrogen (secondary N) is 1.